The number of hydrogen-bond donors (Lipinski definition) is 2. The van der Waals surface area contributed by atoms with E-state index in [1.165, 1.54) is 23.9 Å². The number of hydrogen-bond acceptors (Lipinski definition) is 5. The normalized spacial score (nSPS) is 13.7. The molecule has 0 aliphatic carbocycles. The summed E-state index contributed by atoms with van der Waals surface area (Å²) in [6.45, 7) is 5.93. The second-order valence-electron chi connectivity index (χ2n) is 5.38. The van der Waals surface area contributed by atoms with Gasteiger partial charge >= 0.3 is 0 Å². The molecule has 6 nitrogen and oxygen atoms in total. The minimum atomic E-state index is -3.58. The van der Waals surface area contributed by atoms with E-state index in [4.69, 9.17) is 0 Å². The van der Waals surface area contributed by atoms with E-state index in [-0.39, 0.29) is 11.1 Å². The molecule has 122 valence electrons. The molecule has 0 aromatic carbocycles. The lowest BCUT2D eigenvalue weighted by Gasteiger charge is -2.05. The fourth-order valence-corrected chi connectivity index (χ4v) is 3.79. The van der Waals surface area contributed by atoms with Gasteiger partial charge in [-0.3, -0.25) is 0 Å². The van der Waals surface area contributed by atoms with E-state index >= 15 is 0 Å². The van der Waals surface area contributed by atoms with Crippen LogP contribution in [0.1, 0.15) is 42.7 Å². The molecule has 0 saturated heterocycles. The van der Waals surface area contributed by atoms with Gasteiger partial charge in [0.1, 0.15) is 0 Å². The maximum Gasteiger partial charge on any atom is 0.259 e. The quantitative estimate of drug-likeness (QED) is 0.806. The standard InChI is InChI=1S/C14H21N3O3S2/c1-10(2)17-8-14(15-9-17)22(19,20)16-7-6-12-4-5-13(21-12)11(3)18/h4-5,8-11,16,18H,6-7H2,1-3H3. The molecule has 0 spiro atoms. The van der Waals surface area contributed by atoms with Crippen molar-refractivity contribution < 1.29 is 13.5 Å². The topological polar surface area (TPSA) is 84.2 Å². The lowest BCUT2D eigenvalue weighted by atomic mass is 10.3. The Labute approximate surface area is 134 Å². The molecule has 0 bridgehead atoms. The van der Waals surface area contributed by atoms with Gasteiger partial charge in [0.2, 0.25) is 0 Å². The molecule has 2 heterocycles. The summed E-state index contributed by atoms with van der Waals surface area (Å²) in [5, 5.41) is 9.51. The number of nitrogens with one attached hydrogen (secondary N) is 1. The number of aliphatic hydroxyl groups excluding tert-OH is 1. The summed E-state index contributed by atoms with van der Waals surface area (Å²) >= 11 is 1.49. The van der Waals surface area contributed by atoms with Crippen molar-refractivity contribution in [2.75, 3.05) is 6.54 Å². The van der Waals surface area contributed by atoms with Crippen molar-refractivity contribution in [3.63, 3.8) is 0 Å². The van der Waals surface area contributed by atoms with Crippen LogP contribution in [0.4, 0.5) is 0 Å². The van der Waals surface area contributed by atoms with Gasteiger partial charge < -0.3 is 9.67 Å². The molecular weight excluding hydrogens is 322 g/mol. The number of thiophene rings is 1. The Morgan fingerprint density at radius 3 is 2.64 bits per heavy atom. The van der Waals surface area contributed by atoms with Crippen molar-refractivity contribution in [2.24, 2.45) is 0 Å². The van der Waals surface area contributed by atoms with Crippen LogP contribution in [0, 0.1) is 0 Å². The number of aromatic nitrogens is 2. The maximum atomic E-state index is 12.1. The third-order valence-electron chi connectivity index (χ3n) is 3.21. The zero-order chi connectivity index (χ0) is 16.3. The van der Waals surface area contributed by atoms with E-state index in [0.29, 0.717) is 13.0 Å². The van der Waals surface area contributed by atoms with E-state index in [9.17, 15) is 13.5 Å². The average Bonchev–Trinajstić information content (AvgIpc) is 3.07. The minimum Gasteiger partial charge on any atom is -0.388 e. The van der Waals surface area contributed by atoms with Crippen molar-refractivity contribution in [1.82, 2.24) is 14.3 Å². The first-order valence-electron chi connectivity index (χ1n) is 7.09. The average molecular weight is 343 g/mol. The van der Waals surface area contributed by atoms with Gasteiger partial charge in [-0.1, -0.05) is 0 Å². The van der Waals surface area contributed by atoms with Gasteiger partial charge in [0.15, 0.2) is 5.03 Å². The smallest absolute Gasteiger partial charge is 0.259 e. The fourth-order valence-electron chi connectivity index (χ4n) is 1.87. The van der Waals surface area contributed by atoms with Crippen LogP contribution in [0.3, 0.4) is 0 Å². The summed E-state index contributed by atoms with van der Waals surface area (Å²) in [6.07, 6.45) is 3.15. The molecule has 0 aliphatic rings. The zero-order valence-corrected chi connectivity index (χ0v) is 14.5. The SMILES string of the molecule is CC(O)c1ccc(CCNS(=O)(=O)c2cn(C(C)C)cn2)s1. The molecule has 8 heteroatoms. The second kappa shape index (κ2) is 6.91. The third-order valence-corrected chi connectivity index (χ3v) is 5.87. The van der Waals surface area contributed by atoms with Crippen LogP contribution in [-0.4, -0.2) is 29.6 Å². The van der Waals surface area contributed by atoms with Crippen LogP contribution < -0.4 is 4.72 Å². The summed E-state index contributed by atoms with van der Waals surface area (Å²) < 4.78 is 28.6. The van der Waals surface area contributed by atoms with Crippen LogP contribution in [0.15, 0.2) is 29.7 Å². The minimum absolute atomic E-state index is 0.0389. The summed E-state index contributed by atoms with van der Waals surface area (Å²) in [5.41, 5.74) is 0. The Balaban J connectivity index is 1.94. The lowest BCUT2D eigenvalue weighted by molar-refractivity contribution is 0.203. The van der Waals surface area contributed by atoms with Gasteiger partial charge in [-0.05, 0) is 39.3 Å². The van der Waals surface area contributed by atoms with Crippen molar-refractivity contribution in [1.29, 1.82) is 0 Å². The summed E-state index contributed by atoms with van der Waals surface area (Å²) in [5.74, 6) is 0. The highest BCUT2D eigenvalue weighted by Gasteiger charge is 2.17. The van der Waals surface area contributed by atoms with Crippen LogP contribution in [0.25, 0.3) is 0 Å². The predicted octanol–water partition coefficient (Wildman–Crippen LogP) is 2.10. The number of rotatable bonds is 7. The predicted molar refractivity (Wildman–Crippen MR) is 86.5 cm³/mol. The maximum absolute atomic E-state index is 12.1. The van der Waals surface area contributed by atoms with Crippen molar-refractivity contribution >= 4 is 21.4 Å². The number of sulfonamides is 1. The first-order valence-corrected chi connectivity index (χ1v) is 9.39. The number of aliphatic hydroxyl groups is 1. The van der Waals surface area contributed by atoms with E-state index in [1.807, 2.05) is 26.0 Å². The largest absolute Gasteiger partial charge is 0.388 e. The molecule has 2 N–H and O–H groups in total. The molecule has 0 saturated carbocycles. The molecular formula is C14H21N3O3S2. The highest BCUT2D eigenvalue weighted by atomic mass is 32.2. The summed E-state index contributed by atoms with van der Waals surface area (Å²) in [4.78, 5) is 5.86. The first-order chi connectivity index (χ1) is 10.3. The molecule has 0 aliphatic heterocycles. The molecule has 1 unspecified atom stereocenters. The van der Waals surface area contributed by atoms with Crippen LogP contribution in [0.2, 0.25) is 0 Å². The molecule has 22 heavy (non-hydrogen) atoms. The van der Waals surface area contributed by atoms with Gasteiger partial charge in [0, 0.05) is 28.5 Å². The highest BCUT2D eigenvalue weighted by molar-refractivity contribution is 7.89. The molecule has 0 fully saturated rings. The lowest BCUT2D eigenvalue weighted by Crippen LogP contribution is -2.26. The number of imidazole rings is 1. The van der Waals surface area contributed by atoms with Crippen molar-refractivity contribution in [3.8, 4) is 0 Å². The van der Waals surface area contributed by atoms with Gasteiger partial charge in [-0.15, -0.1) is 11.3 Å². The Morgan fingerprint density at radius 2 is 2.09 bits per heavy atom. The number of nitrogens with zero attached hydrogens (tertiary/aromatic N) is 2. The molecule has 0 amide bonds. The molecule has 0 radical (unpaired) electrons. The zero-order valence-electron chi connectivity index (χ0n) is 12.9. The Kier molecular flexibility index (Phi) is 5.38. The van der Waals surface area contributed by atoms with Gasteiger partial charge in [-0.2, -0.15) is 0 Å². The van der Waals surface area contributed by atoms with Crippen LogP contribution >= 0.6 is 11.3 Å². The molecule has 2 aromatic rings. The molecule has 2 aromatic heterocycles. The fraction of sp³-hybridized carbons (Fsp3) is 0.500. The molecule has 1 atom stereocenters. The van der Waals surface area contributed by atoms with Crippen LogP contribution in [-0.2, 0) is 16.4 Å². The van der Waals surface area contributed by atoms with Gasteiger partial charge in [0.05, 0.1) is 12.4 Å². The van der Waals surface area contributed by atoms with Crippen LogP contribution in [0.5, 0.6) is 0 Å². The van der Waals surface area contributed by atoms with E-state index in [2.05, 4.69) is 9.71 Å². The monoisotopic (exact) mass is 343 g/mol. The van der Waals surface area contributed by atoms with Gasteiger partial charge in [0.25, 0.3) is 10.0 Å². The summed E-state index contributed by atoms with van der Waals surface area (Å²) in [6, 6.07) is 3.94. The Hall–Kier alpha value is -1.22. The summed E-state index contributed by atoms with van der Waals surface area (Å²) in [7, 11) is -3.58. The Bertz CT molecular complexity index is 717. The van der Waals surface area contributed by atoms with E-state index < -0.39 is 16.1 Å². The van der Waals surface area contributed by atoms with Crippen molar-refractivity contribution in [2.45, 2.75) is 44.4 Å². The highest BCUT2D eigenvalue weighted by Crippen LogP contribution is 2.23. The third kappa shape index (κ3) is 4.16. The van der Waals surface area contributed by atoms with Gasteiger partial charge in [-0.25, -0.2) is 18.1 Å². The first kappa shape index (κ1) is 17.1. The van der Waals surface area contributed by atoms with Crippen molar-refractivity contribution in [3.05, 3.63) is 34.4 Å². The Morgan fingerprint density at radius 1 is 1.36 bits per heavy atom. The molecule has 2 rings (SSSR count). The second-order valence-corrected chi connectivity index (χ2v) is 8.29. The van der Waals surface area contributed by atoms with E-state index in [0.717, 1.165) is 9.75 Å². The van der Waals surface area contributed by atoms with E-state index in [1.54, 1.807) is 11.5 Å².